The third-order valence-corrected chi connectivity index (χ3v) is 6.84. The van der Waals surface area contributed by atoms with E-state index < -0.39 is 58.7 Å². The monoisotopic (exact) mass is 499 g/mol. The van der Waals surface area contributed by atoms with Crippen molar-refractivity contribution >= 4 is 11.8 Å². The highest BCUT2D eigenvalue weighted by molar-refractivity contribution is 5.95. The first-order valence-corrected chi connectivity index (χ1v) is 11.0. The van der Waals surface area contributed by atoms with Crippen molar-refractivity contribution in [2.75, 3.05) is 13.1 Å². The van der Waals surface area contributed by atoms with E-state index in [1.54, 1.807) is 0 Å². The van der Waals surface area contributed by atoms with Crippen LogP contribution < -0.4 is 0 Å². The number of nitrogens with zero attached hydrogens (tertiary/aromatic N) is 3. The molecule has 1 aromatic heterocycles. The number of carbonyl (C=O) groups excluding carboxylic acids is 2. The number of hydrogen-bond acceptors (Lipinski definition) is 4. The maximum absolute atomic E-state index is 14.4. The first-order chi connectivity index (χ1) is 16.5. The van der Waals surface area contributed by atoms with Crippen LogP contribution in [0.5, 0.6) is 0 Å². The first-order valence-electron chi connectivity index (χ1n) is 11.0. The molecule has 0 bridgehead atoms. The molecule has 2 aromatic rings. The van der Waals surface area contributed by atoms with Gasteiger partial charge in [0.2, 0.25) is 0 Å². The lowest BCUT2D eigenvalue weighted by Crippen LogP contribution is -2.51. The zero-order valence-corrected chi connectivity index (χ0v) is 18.1. The Hall–Kier alpha value is -3.15. The van der Waals surface area contributed by atoms with Crippen LogP contribution in [0, 0.1) is 17.5 Å². The molecule has 2 amide bonds. The minimum atomic E-state index is -5.05. The Morgan fingerprint density at radius 3 is 2.34 bits per heavy atom. The lowest BCUT2D eigenvalue weighted by molar-refractivity contribution is -0.144. The van der Waals surface area contributed by atoms with Crippen molar-refractivity contribution in [3.05, 3.63) is 64.7 Å². The maximum atomic E-state index is 14.4. The normalized spacial score (nSPS) is 23.8. The Kier molecular flexibility index (Phi) is 5.53. The fraction of sp³-hybridized carbons (Fsp3) is 0.435. The molecular formula is C23H19F6N3O3. The van der Waals surface area contributed by atoms with Gasteiger partial charge in [-0.05, 0) is 36.6 Å². The summed E-state index contributed by atoms with van der Waals surface area (Å²) in [4.78, 5) is 31.8. The lowest BCUT2D eigenvalue weighted by Gasteiger charge is -2.37. The lowest BCUT2D eigenvalue weighted by atomic mass is 9.89. The number of likely N-dealkylation sites (tertiary alicyclic amines) is 1. The number of rotatable bonds is 2. The average Bonchev–Trinajstić information content (AvgIpc) is 3.31. The SMILES string of the molecule is O=C(c1ccnc(C(F)(F)F)c1F)N1CCC2(CC1)OC1CCC(c3cc(F)cc(F)c3)N1C2=O. The Bertz CT molecular complexity index is 1180. The number of carbonyl (C=O) groups is 2. The van der Waals surface area contributed by atoms with Gasteiger partial charge in [-0.2, -0.15) is 13.2 Å². The molecule has 2 unspecified atom stereocenters. The van der Waals surface area contributed by atoms with Crippen molar-refractivity contribution in [3.8, 4) is 0 Å². The zero-order valence-electron chi connectivity index (χ0n) is 18.1. The summed E-state index contributed by atoms with van der Waals surface area (Å²) in [6.07, 6.45) is -3.90. The van der Waals surface area contributed by atoms with Gasteiger partial charge in [0.1, 0.15) is 17.9 Å². The van der Waals surface area contributed by atoms with E-state index >= 15 is 0 Å². The molecule has 12 heteroatoms. The molecule has 186 valence electrons. The van der Waals surface area contributed by atoms with Crippen LogP contribution in [-0.4, -0.2) is 51.5 Å². The zero-order chi connectivity index (χ0) is 25.1. The van der Waals surface area contributed by atoms with Gasteiger partial charge in [0.05, 0.1) is 11.6 Å². The van der Waals surface area contributed by atoms with E-state index in [4.69, 9.17) is 4.74 Å². The summed E-state index contributed by atoms with van der Waals surface area (Å²) in [5.74, 6) is -4.56. The van der Waals surface area contributed by atoms with Crippen molar-refractivity contribution in [1.29, 1.82) is 0 Å². The molecule has 3 fully saturated rings. The third kappa shape index (κ3) is 3.93. The standard InChI is InChI=1S/C23H19F6N3O3/c24-13-9-12(10-14(25)11-13)16-1-2-17-32(16)21(34)22(35-17)4-7-31(8-5-22)20(33)15-3-6-30-19(18(15)26)23(27,28)29/h3,6,9-11,16-17H,1-2,4-5,7-8H2. The molecule has 0 N–H and O–H groups in total. The van der Waals surface area contributed by atoms with Crippen molar-refractivity contribution in [3.63, 3.8) is 0 Å². The summed E-state index contributed by atoms with van der Waals surface area (Å²) < 4.78 is 86.8. The first kappa shape index (κ1) is 23.6. The molecule has 1 spiro atoms. The molecule has 1 aromatic carbocycles. The summed E-state index contributed by atoms with van der Waals surface area (Å²) >= 11 is 0. The van der Waals surface area contributed by atoms with Gasteiger partial charge in [-0.25, -0.2) is 18.2 Å². The summed E-state index contributed by atoms with van der Waals surface area (Å²) in [5.41, 5.74) is -3.47. The van der Waals surface area contributed by atoms with Crippen molar-refractivity contribution in [2.45, 2.75) is 49.7 Å². The molecule has 5 rings (SSSR count). The number of amides is 2. The largest absolute Gasteiger partial charge is 0.436 e. The van der Waals surface area contributed by atoms with E-state index in [0.717, 1.165) is 18.3 Å². The second-order valence-corrected chi connectivity index (χ2v) is 8.89. The van der Waals surface area contributed by atoms with Gasteiger partial charge in [-0.15, -0.1) is 0 Å². The van der Waals surface area contributed by atoms with E-state index in [9.17, 15) is 35.9 Å². The fourth-order valence-electron chi connectivity index (χ4n) is 5.19. The maximum Gasteiger partial charge on any atom is 0.436 e. The Morgan fingerprint density at radius 1 is 1.06 bits per heavy atom. The quantitative estimate of drug-likeness (QED) is 0.581. The Labute approximate surface area is 195 Å². The Balaban J connectivity index is 1.32. The highest BCUT2D eigenvalue weighted by Gasteiger charge is 2.58. The van der Waals surface area contributed by atoms with E-state index in [1.165, 1.54) is 21.9 Å². The Morgan fingerprint density at radius 2 is 1.71 bits per heavy atom. The average molecular weight is 499 g/mol. The van der Waals surface area contributed by atoms with Crippen molar-refractivity contribution in [2.24, 2.45) is 0 Å². The van der Waals surface area contributed by atoms with Crippen LogP contribution in [0.2, 0.25) is 0 Å². The number of pyridine rings is 1. The molecule has 4 heterocycles. The highest BCUT2D eigenvalue weighted by Crippen LogP contribution is 2.48. The molecule has 0 aliphatic carbocycles. The van der Waals surface area contributed by atoms with Gasteiger partial charge in [0.15, 0.2) is 17.1 Å². The number of benzene rings is 1. The molecule has 3 saturated heterocycles. The van der Waals surface area contributed by atoms with Crippen LogP contribution in [0.4, 0.5) is 26.3 Å². The van der Waals surface area contributed by atoms with Gasteiger partial charge in [0.25, 0.3) is 11.8 Å². The molecule has 0 saturated carbocycles. The minimum Gasteiger partial charge on any atom is -0.342 e. The van der Waals surface area contributed by atoms with Crippen LogP contribution in [0.15, 0.2) is 30.5 Å². The third-order valence-electron chi connectivity index (χ3n) is 6.84. The van der Waals surface area contributed by atoms with E-state index in [0.29, 0.717) is 18.4 Å². The molecule has 3 aliphatic heterocycles. The predicted octanol–water partition coefficient (Wildman–Crippen LogP) is 4.21. The number of ether oxygens (including phenoxy) is 1. The van der Waals surface area contributed by atoms with Gasteiger partial charge >= 0.3 is 6.18 Å². The second kappa shape index (κ2) is 8.21. The summed E-state index contributed by atoms with van der Waals surface area (Å²) in [6, 6.07) is 3.41. The fourth-order valence-corrected chi connectivity index (χ4v) is 5.19. The molecule has 3 aliphatic rings. The molecule has 6 nitrogen and oxygen atoms in total. The summed E-state index contributed by atoms with van der Waals surface area (Å²) in [5, 5.41) is 0. The molecule has 35 heavy (non-hydrogen) atoms. The number of alkyl halides is 3. The van der Waals surface area contributed by atoms with Crippen LogP contribution >= 0.6 is 0 Å². The van der Waals surface area contributed by atoms with Crippen LogP contribution in [0.1, 0.15) is 53.3 Å². The number of hydrogen-bond donors (Lipinski definition) is 0. The second-order valence-electron chi connectivity index (χ2n) is 8.89. The number of aromatic nitrogens is 1. The van der Waals surface area contributed by atoms with Gasteiger partial charge in [0, 0.05) is 38.2 Å². The van der Waals surface area contributed by atoms with E-state index in [2.05, 4.69) is 4.98 Å². The van der Waals surface area contributed by atoms with Gasteiger partial charge in [-0.3, -0.25) is 9.59 Å². The summed E-state index contributed by atoms with van der Waals surface area (Å²) in [6.45, 7) is -0.0962. The summed E-state index contributed by atoms with van der Waals surface area (Å²) in [7, 11) is 0. The van der Waals surface area contributed by atoms with Gasteiger partial charge < -0.3 is 14.5 Å². The van der Waals surface area contributed by atoms with Crippen LogP contribution in [-0.2, 0) is 15.7 Å². The predicted molar refractivity (Wildman–Crippen MR) is 107 cm³/mol. The van der Waals surface area contributed by atoms with Crippen molar-refractivity contribution < 1.29 is 40.7 Å². The smallest absolute Gasteiger partial charge is 0.342 e. The molecule has 2 atom stereocenters. The van der Waals surface area contributed by atoms with E-state index in [-0.39, 0.29) is 31.8 Å². The highest BCUT2D eigenvalue weighted by atomic mass is 19.4. The van der Waals surface area contributed by atoms with Gasteiger partial charge in [-0.1, -0.05) is 0 Å². The van der Waals surface area contributed by atoms with Crippen LogP contribution in [0.25, 0.3) is 0 Å². The minimum absolute atomic E-state index is 0.0481. The van der Waals surface area contributed by atoms with E-state index in [1.807, 2.05) is 0 Å². The number of fused-ring (bicyclic) bond motifs is 1. The van der Waals surface area contributed by atoms with Crippen molar-refractivity contribution in [1.82, 2.24) is 14.8 Å². The molecular weight excluding hydrogens is 480 g/mol. The number of halogens is 6. The topological polar surface area (TPSA) is 62.7 Å². The van der Waals surface area contributed by atoms with Crippen LogP contribution in [0.3, 0.4) is 0 Å². The number of piperidine rings is 1. The molecule has 0 radical (unpaired) electrons.